The molecule has 1 heterocycles. The molecule has 1 rings (SSSR count). The number of anilines is 1. The molecular weight excluding hydrogens is 230 g/mol. The normalized spacial score (nSPS) is 12.1. The summed E-state index contributed by atoms with van der Waals surface area (Å²) in [6.45, 7) is 3.52. The van der Waals surface area contributed by atoms with Crippen LogP contribution in [0.2, 0.25) is 0 Å². The van der Waals surface area contributed by atoms with Crippen molar-refractivity contribution in [2.24, 2.45) is 11.7 Å². The molecule has 1 unspecified atom stereocenters. The Kier molecular flexibility index (Phi) is 5.03. The molecule has 0 aliphatic carbocycles. The van der Waals surface area contributed by atoms with Gasteiger partial charge in [0.2, 0.25) is 0 Å². The van der Waals surface area contributed by atoms with E-state index in [9.17, 15) is 4.79 Å². The first-order valence-corrected chi connectivity index (χ1v) is 5.92. The van der Waals surface area contributed by atoms with Gasteiger partial charge in [0.05, 0.1) is 0 Å². The van der Waals surface area contributed by atoms with Crippen LogP contribution >= 0.6 is 0 Å². The Morgan fingerprint density at radius 2 is 2.00 bits per heavy atom. The molecule has 1 aromatic rings. The maximum atomic E-state index is 11.6. The highest BCUT2D eigenvalue weighted by molar-refractivity contribution is 5.91. The van der Waals surface area contributed by atoms with Gasteiger partial charge in [0.25, 0.3) is 5.91 Å². The number of hydrogen-bond acceptors (Lipinski definition) is 5. The zero-order chi connectivity index (χ0) is 13.7. The highest BCUT2D eigenvalue weighted by Gasteiger charge is 2.12. The van der Waals surface area contributed by atoms with Gasteiger partial charge in [-0.3, -0.25) is 4.79 Å². The van der Waals surface area contributed by atoms with Crippen molar-refractivity contribution < 1.29 is 4.79 Å². The average molecular weight is 251 g/mol. The molecular formula is C12H21N5O. The Balaban J connectivity index is 2.73. The lowest BCUT2D eigenvalue weighted by Gasteiger charge is -2.21. The molecule has 0 spiro atoms. The van der Waals surface area contributed by atoms with Crippen LogP contribution in [0.3, 0.4) is 0 Å². The largest absolute Gasteiger partial charge is 0.358 e. The minimum atomic E-state index is -0.146. The molecule has 100 valence electrons. The van der Waals surface area contributed by atoms with E-state index in [1.54, 1.807) is 26.2 Å². The zero-order valence-corrected chi connectivity index (χ0v) is 11.4. The lowest BCUT2D eigenvalue weighted by molar-refractivity contribution is 0.0821. The lowest BCUT2D eigenvalue weighted by atomic mass is 10.2. The van der Waals surface area contributed by atoms with Crippen LogP contribution in [0.1, 0.15) is 17.4 Å². The third-order valence-corrected chi connectivity index (χ3v) is 2.65. The molecule has 0 aliphatic rings. The summed E-state index contributed by atoms with van der Waals surface area (Å²) < 4.78 is 0. The third kappa shape index (κ3) is 3.66. The van der Waals surface area contributed by atoms with E-state index in [2.05, 4.69) is 17.1 Å². The van der Waals surface area contributed by atoms with Crippen LogP contribution in [0.5, 0.6) is 0 Å². The van der Waals surface area contributed by atoms with E-state index in [1.807, 2.05) is 11.9 Å². The van der Waals surface area contributed by atoms with Gasteiger partial charge in [0.15, 0.2) is 11.5 Å². The Morgan fingerprint density at radius 1 is 1.33 bits per heavy atom. The van der Waals surface area contributed by atoms with Crippen LogP contribution < -0.4 is 10.6 Å². The fourth-order valence-electron chi connectivity index (χ4n) is 1.51. The van der Waals surface area contributed by atoms with Gasteiger partial charge >= 0.3 is 0 Å². The minimum Gasteiger partial charge on any atom is -0.358 e. The molecule has 1 atom stereocenters. The summed E-state index contributed by atoms with van der Waals surface area (Å²) >= 11 is 0. The minimum absolute atomic E-state index is 0.146. The smallest absolute Gasteiger partial charge is 0.273 e. The summed E-state index contributed by atoms with van der Waals surface area (Å²) in [5, 5.41) is 8.00. The van der Waals surface area contributed by atoms with Gasteiger partial charge in [-0.25, -0.2) is 0 Å². The second-order valence-corrected chi connectivity index (χ2v) is 4.70. The van der Waals surface area contributed by atoms with Crippen molar-refractivity contribution in [1.29, 1.82) is 0 Å². The third-order valence-electron chi connectivity index (χ3n) is 2.65. The molecule has 0 radical (unpaired) electrons. The quantitative estimate of drug-likeness (QED) is 0.809. The second kappa shape index (κ2) is 6.30. The lowest BCUT2D eigenvalue weighted by Crippen LogP contribution is -2.29. The van der Waals surface area contributed by atoms with Crippen LogP contribution in [0.4, 0.5) is 5.82 Å². The predicted molar refractivity (Wildman–Crippen MR) is 71.5 cm³/mol. The highest BCUT2D eigenvalue weighted by Crippen LogP contribution is 2.10. The van der Waals surface area contributed by atoms with Crippen molar-refractivity contribution >= 4 is 11.7 Å². The first kappa shape index (κ1) is 14.4. The van der Waals surface area contributed by atoms with E-state index in [0.29, 0.717) is 18.2 Å². The van der Waals surface area contributed by atoms with E-state index in [1.165, 1.54) is 4.90 Å². The Morgan fingerprint density at radius 3 is 2.44 bits per heavy atom. The van der Waals surface area contributed by atoms with E-state index >= 15 is 0 Å². The van der Waals surface area contributed by atoms with Crippen molar-refractivity contribution in [1.82, 2.24) is 15.1 Å². The summed E-state index contributed by atoms with van der Waals surface area (Å²) in [4.78, 5) is 15.1. The SMILES string of the molecule is CC(CN)CN(C)c1ccc(C(=O)N(C)C)nn1. The summed E-state index contributed by atoms with van der Waals surface area (Å²) in [5.74, 6) is 0.984. The number of hydrogen-bond donors (Lipinski definition) is 1. The van der Waals surface area contributed by atoms with E-state index in [0.717, 1.165) is 12.4 Å². The standard InChI is InChI=1S/C12H21N5O/c1-9(7-13)8-17(4)11-6-5-10(14-15-11)12(18)16(2)3/h5-6,9H,7-8,13H2,1-4H3. The molecule has 0 fully saturated rings. The number of nitrogens with zero attached hydrogens (tertiary/aromatic N) is 4. The first-order chi connectivity index (χ1) is 8.45. The monoisotopic (exact) mass is 251 g/mol. The Hall–Kier alpha value is -1.69. The van der Waals surface area contributed by atoms with E-state index in [-0.39, 0.29) is 5.91 Å². The average Bonchev–Trinajstić information content (AvgIpc) is 2.37. The number of rotatable bonds is 5. The van der Waals surface area contributed by atoms with E-state index < -0.39 is 0 Å². The molecule has 1 aromatic heterocycles. The number of aromatic nitrogens is 2. The number of nitrogens with two attached hydrogens (primary N) is 1. The fraction of sp³-hybridized carbons (Fsp3) is 0.583. The number of carbonyl (C=O) groups excluding carboxylic acids is 1. The van der Waals surface area contributed by atoms with Crippen LogP contribution in [-0.4, -0.2) is 55.2 Å². The molecule has 0 saturated carbocycles. The first-order valence-electron chi connectivity index (χ1n) is 5.92. The summed E-state index contributed by atoms with van der Waals surface area (Å²) in [5.41, 5.74) is 5.93. The summed E-state index contributed by atoms with van der Waals surface area (Å²) in [6, 6.07) is 3.49. The number of carbonyl (C=O) groups is 1. The van der Waals surface area contributed by atoms with Gasteiger partial charge in [0, 0.05) is 27.7 Å². The van der Waals surface area contributed by atoms with Gasteiger partial charge in [-0.15, -0.1) is 10.2 Å². The molecule has 0 saturated heterocycles. The molecule has 0 aromatic carbocycles. The highest BCUT2D eigenvalue weighted by atomic mass is 16.2. The molecule has 18 heavy (non-hydrogen) atoms. The topological polar surface area (TPSA) is 75.3 Å². The molecule has 1 amide bonds. The van der Waals surface area contributed by atoms with Crippen LogP contribution in [0.25, 0.3) is 0 Å². The molecule has 2 N–H and O–H groups in total. The maximum absolute atomic E-state index is 11.6. The van der Waals surface area contributed by atoms with Crippen molar-refractivity contribution in [3.05, 3.63) is 17.8 Å². The molecule has 6 nitrogen and oxygen atoms in total. The fourth-order valence-corrected chi connectivity index (χ4v) is 1.51. The van der Waals surface area contributed by atoms with Crippen LogP contribution in [0, 0.1) is 5.92 Å². The van der Waals surface area contributed by atoms with Gasteiger partial charge in [-0.1, -0.05) is 6.92 Å². The zero-order valence-electron chi connectivity index (χ0n) is 11.4. The van der Waals surface area contributed by atoms with Crippen LogP contribution in [0.15, 0.2) is 12.1 Å². The number of amides is 1. The van der Waals surface area contributed by atoms with Crippen LogP contribution in [-0.2, 0) is 0 Å². The molecule has 0 aliphatic heterocycles. The van der Waals surface area contributed by atoms with Crippen molar-refractivity contribution in [2.75, 3.05) is 39.1 Å². The van der Waals surface area contributed by atoms with Crippen molar-refractivity contribution in [3.8, 4) is 0 Å². The molecule has 6 heteroatoms. The Bertz CT molecular complexity index is 390. The summed E-state index contributed by atoms with van der Waals surface area (Å²) in [7, 11) is 5.31. The van der Waals surface area contributed by atoms with Crippen molar-refractivity contribution in [2.45, 2.75) is 6.92 Å². The van der Waals surface area contributed by atoms with E-state index in [4.69, 9.17) is 5.73 Å². The Labute approximate surface area is 108 Å². The summed E-state index contributed by atoms with van der Waals surface area (Å²) in [6.07, 6.45) is 0. The van der Waals surface area contributed by atoms with Gasteiger partial charge < -0.3 is 15.5 Å². The van der Waals surface area contributed by atoms with Gasteiger partial charge in [-0.2, -0.15) is 0 Å². The predicted octanol–water partition coefficient (Wildman–Crippen LogP) is 0.209. The van der Waals surface area contributed by atoms with Gasteiger partial charge in [0.1, 0.15) is 0 Å². The maximum Gasteiger partial charge on any atom is 0.273 e. The second-order valence-electron chi connectivity index (χ2n) is 4.70. The van der Waals surface area contributed by atoms with Gasteiger partial charge in [-0.05, 0) is 24.6 Å². The molecule has 0 bridgehead atoms. The van der Waals surface area contributed by atoms with Crippen molar-refractivity contribution in [3.63, 3.8) is 0 Å².